The van der Waals surface area contributed by atoms with Crippen molar-refractivity contribution in [3.05, 3.63) is 29.8 Å². The molecule has 0 aliphatic carbocycles. The standard InChI is InChI=1S/C14H21NO/c1-5-12(10-11(2)16)13-6-8-14(9-7-13)15(3)4/h6-9,12H,5,10H2,1-4H3. The summed E-state index contributed by atoms with van der Waals surface area (Å²) < 4.78 is 0. The Morgan fingerprint density at radius 2 is 1.81 bits per heavy atom. The van der Waals surface area contributed by atoms with Crippen LogP contribution in [0.1, 0.15) is 38.2 Å². The minimum absolute atomic E-state index is 0.267. The fourth-order valence-corrected chi connectivity index (χ4v) is 1.89. The van der Waals surface area contributed by atoms with Gasteiger partial charge in [0.1, 0.15) is 5.78 Å². The van der Waals surface area contributed by atoms with Gasteiger partial charge in [0.2, 0.25) is 0 Å². The highest BCUT2D eigenvalue weighted by Gasteiger charge is 2.11. The molecule has 2 heteroatoms. The second kappa shape index (κ2) is 5.69. The Kier molecular flexibility index (Phi) is 4.53. The number of nitrogens with zero attached hydrogens (tertiary/aromatic N) is 1. The predicted molar refractivity (Wildman–Crippen MR) is 69.1 cm³/mol. The third kappa shape index (κ3) is 3.37. The van der Waals surface area contributed by atoms with E-state index in [1.54, 1.807) is 6.92 Å². The van der Waals surface area contributed by atoms with Gasteiger partial charge >= 0.3 is 0 Å². The summed E-state index contributed by atoms with van der Waals surface area (Å²) in [6.45, 7) is 3.80. The molecule has 16 heavy (non-hydrogen) atoms. The Morgan fingerprint density at radius 1 is 1.25 bits per heavy atom. The van der Waals surface area contributed by atoms with Crippen LogP contribution in [0.25, 0.3) is 0 Å². The Balaban J connectivity index is 2.82. The molecule has 0 aromatic heterocycles. The van der Waals surface area contributed by atoms with Gasteiger partial charge in [0.05, 0.1) is 0 Å². The fraction of sp³-hybridized carbons (Fsp3) is 0.500. The van der Waals surface area contributed by atoms with Gasteiger partial charge in [-0.05, 0) is 37.0 Å². The van der Waals surface area contributed by atoms with Gasteiger partial charge in [0, 0.05) is 26.2 Å². The maximum atomic E-state index is 11.2. The molecule has 1 rings (SSSR count). The first-order valence-electron chi connectivity index (χ1n) is 5.81. The van der Waals surface area contributed by atoms with Crippen molar-refractivity contribution in [1.82, 2.24) is 0 Å². The van der Waals surface area contributed by atoms with E-state index in [4.69, 9.17) is 0 Å². The molecular formula is C14H21NO. The molecule has 1 atom stereocenters. The molecule has 0 bridgehead atoms. The molecule has 0 radical (unpaired) electrons. The molecule has 2 nitrogen and oxygen atoms in total. The molecule has 0 fully saturated rings. The maximum absolute atomic E-state index is 11.2. The van der Waals surface area contributed by atoms with Crippen LogP contribution < -0.4 is 4.90 Å². The van der Waals surface area contributed by atoms with E-state index >= 15 is 0 Å². The van der Waals surface area contributed by atoms with Gasteiger partial charge in [-0.25, -0.2) is 0 Å². The van der Waals surface area contributed by atoms with Crippen molar-refractivity contribution >= 4 is 11.5 Å². The van der Waals surface area contributed by atoms with Crippen molar-refractivity contribution in [2.75, 3.05) is 19.0 Å². The van der Waals surface area contributed by atoms with Gasteiger partial charge in [-0.2, -0.15) is 0 Å². The Morgan fingerprint density at radius 3 is 2.19 bits per heavy atom. The lowest BCUT2D eigenvalue weighted by atomic mass is 9.91. The zero-order valence-corrected chi connectivity index (χ0v) is 10.7. The second-order valence-corrected chi connectivity index (χ2v) is 4.50. The van der Waals surface area contributed by atoms with Crippen LogP contribution in [0.5, 0.6) is 0 Å². The van der Waals surface area contributed by atoms with Crippen LogP contribution in [0.15, 0.2) is 24.3 Å². The lowest BCUT2D eigenvalue weighted by molar-refractivity contribution is -0.117. The zero-order valence-electron chi connectivity index (χ0n) is 10.7. The Bertz CT molecular complexity index is 340. The number of anilines is 1. The van der Waals surface area contributed by atoms with E-state index in [-0.39, 0.29) is 5.78 Å². The largest absolute Gasteiger partial charge is 0.378 e. The summed E-state index contributed by atoms with van der Waals surface area (Å²) in [6, 6.07) is 8.48. The molecular weight excluding hydrogens is 198 g/mol. The number of hydrogen-bond acceptors (Lipinski definition) is 2. The number of carbonyl (C=O) groups is 1. The number of ketones is 1. The van der Waals surface area contributed by atoms with Crippen molar-refractivity contribution in [1.29, 1.82) is 0 Å². The van der Waals surface area contributed by atoms with Gasteiger partial charge in [-0.1, -0.05) is 19.1 Å². The molecule has 0 saturated heterocycles. The lowest BCUT2D eigenvalue weighted by Gasteiger charge is -2.16. The fourth-order valence-electron chi connectivity index (χ4n) is 1.89. The van der Waals surface area contributed by atoms with Crippen LogP contribution in [0.2, 0.25) is 0 Å². The topological polar surface area (TPSA) is 20.3 Å². The first-order chi connectivity index (χ1) is 7.54. The minimum Gasteiger partial charge on any atom is -0.378 e. The molecule has 0 N–H and O–H groups in total. The molecule has 0 saturated carbocycles. The van der Waals surface area contributed by atoms with Crippen LogP contribution in [-0.4, -0.2) is 19.9 Å². The molecule has 0 aliphatic heterocycles. The van der Waals surface area contributed by atoms with E-state index in [0.29, 0.717) is 12.3 Å². The lowest BCUT2D eigenvalue weighted by Crippen LogP contribution is -2.09. The number of hydrogen-bond donors (Lipinski definition) is 0. The summed E-state index contributed by atoms with van der Waals surface area (Å²) in [4.78, 5) is 13.2. The molecule has 0 spiro atoms. The second-order valence-electron chi connectivity index (χ2n) is 4.50. The monoisotopic (exact) mass is 219 g/mol. The SMILES string of the molecule is CCC(CC(C)=O)c1ccc(N(C)C)cc1. The molecule has 1 unspecified atom stereocenters. The third-order valence-electron chi connectivity index (χ3n) is 2.91. The van der Waals surface area contributed by atoms with Gasteiger partial charge < -0.3 is 9.69 Å². The average molecular weight is 219 g/mol. The average Bonchev–Trinajstić information content (AvgIpc) is 2.25. The van der Waals surface area contributed by atoms with Crippen molar-refractivity contribution in [3.8, 4) is 0 Å². The van der Waals surface area contributed by atoms with Crippen LogP contribution >= 0.6 is 0 Å². The molecule has 1 aromatic rings. The molecule has 88 valence electrons. The number of rotatable bonds is 5. The molecule has 0 amide bonds. The van der Waals surface area contributed by atoms with E-state index in [9.17, 15) is 4.79 Å². The van der Waals surface area contributed by atoms with Gasteiger partial charge in [0.15, 0.2) is 0 Å². The first-order valence-corrected chi connectivity index (χ1v) is 5.81. The highest BCUT2D eigenvalue weighted by atomic mass is 16.1. The summed E-state index contributed by atoms with van der Waals surface area (Å²) in [6.07, 6.45) is 1.67. The van der Waals surface area contributed by atoms with E-state index in [2.05, 4.69) is 36.1 Å². The van der Waals surface area contributed by atoms with Crippen molar-refractivity contribution in [3.63, 3.8) is 0 Å². The molecule has 0 aliphatic rings. The zero-order chi connectivity index (χ0) is 12.1. The van der Waals surface area contributed by atoms with E-state index in [1.807, 2.05) is 14.1 Å². The van der Waals surface area contributed by atoms with Crippen molar-refractivity contribution < 1.29 is 4.79 Å². The summed E-state index contributed by atoms with van der Waals surface area (Å²) in [5.41, 5.74) is 2.46. The van der Waals surface area contributed by atoms with Crippen LogP contribution in [0.4, 0.5) is 5.69 Å². The smallest absolute Gasteiger partial charge is 0.130 e. The van der Waals surface area contributed by atoms with Gasteiger partial charge in [-0.15, -0.1) is 0 Å². The summed E-state index contributed by atoms with van der Waals surface area (Å²) >= 11 is 0. The van der Waals surface area contributed by atoms with Crippen molar-refractivity contribution in [2.24, 2.45) is 0 Å². The van der Waals surface area contributed by atoms with Gasteiger partial charge in [0.25, 0.3) is 0 Å². The maximum Gasteiger partial charge on any atom is 0.130 e. The normalized spacial score (nSPS) is 12.2. The number of benzene rings is 1. The van der Waals surface area contributed by atoms with Gasteiger partial charge in [-0.3, -0.25) is 0 Å². The number of carbonyl (C=O) groups excluding carboxylic acids is 1. The van der Waals surface area contributed by atoms with Crippen LogP contribution in [0, 0.1) is 0 Å². The highest BCUT2D eigenvalue weighted by molar-refractivity contribution is 5.76. The molecule has 0 heterocycles. The predicted octanol–water partition coefficient (Wildman–Crippen LogP) is 3.23. The summed E-state index contributed by atoms with van der Waals surface area (Å²) in [5.74, 6) is 0.636. The van der Waals surface area contributed by atoms with E-state index in [0.717, 1.165) is 6.42 Å². The van der Waals surface area contributed by atoms with Crippen molar-refractivity contribution in [2.45, 2.75) is 32.6 Å². The third-order valence-corrected chi connectivity index (χ3v) is 2.91. The Hall–Kier alpha value is -1.31. The summed E-state index contributed by atoms with van der Waals surface area (Å²) in [5, 5.41) is 0. The Labute approximate surface area is 98.3 Å². The quantitative estimate of drug-likeness (QED) is 0.757. The highest BCUT2D eigenvalue weighted by Crippen LogP contribution is 2.25. The minimum atomic E-state index is 0.267. The van der Waals surface area contributed by atoms with Crippen LogP contribution in [0.3, 0.4) is 0 Å². The number of Topliss-reactive ketones (excluding diaryl/α,β-unsaturated/α-hetero) is 1. The molecule has 1 aromatic carbocycles. The van der Waals surface area contributed by atoms with E-state index < -0.39 is 0 Å². The van der Waals surface area contributed by atoms with E-state index in [1.165, 1.54) is 11.3 Å². The summed E-state index contributed by atoms with van der Waals surface area (Å²) in [7, 11) is 4.06. The van der Waals surface area contributed by atoms with Crippen LogP contribution in [-0.2, 0) is 4.79 Å². The first kappa shape index (κ1) is 12.8.